The van der Waals surface area contributed by atoms with Gasteiger partial charge in [0.15, 0.2) is 0 Å². The van der Waals surface area contributed by atoms with Gasteiger partial charge in [-0.1, -0.05) is 0 Å². The first-order chi connectivity index (χ1) is 8.22. The second kappa shape index (κ2) is 4.14. The molecule has 2 aliphatic rings. The number of nitrogens with zero attached hydrogens (tertiary/aromatic N) is 2. The van der Waals surface area contributed by atoms with E-state index in [1.165, 1.54) is 6.42 Å². The van der Waals surface area contributed by atoms with Crippen LogP contribution < -0.4 is 10.6 Å². The number of hydrogen-bond donors (Lipinski definition) is 2. The number of carbonyl (C=O) groups excluding carboxylic acids is 1. The first kappa shape index (κ1) is 10.8. The Bertz CT molecular complexity index is 428. The van der Waals surface area contributed by atoms with Gasteiger partial charge in [-0.15, -0.1) is 0 Å². The van der Waals surface area contributed by atoms with Crippen LogP contribution in [0.25, 0.3) is 0 Å². The van der Waals surface area contributed by atoms with E-state index >= 15 is 0 Å². The predicted octanol–water partition coefficient (Wildman–Crippen LogP) is 0.177. The van der Waals surface area contributed by atoms with Gasteiger partial charge in [-0.25, -0.2) is 0 Å². The first-order valence-electron chi connectivity index (χ1n) is 6.24. The van der Waals surface area contributed by atoms with E-state index in [1.54, 1.807) is 4.68 Å². The van der Waals surface area contributed by atoms with Crippen molar-refractivity contribution in [3.8, 4) is 0 Å². The third-order valence-corrected chi connectivity index (χ3v) is 3.85. The molecule has 2 bridgehead atoms. The van der Waals surface area contributed by atoms with E-state index < -0.39 is 0 Å². The molecule has 2 N–H and O–H groups in total. The highest BCUT2D eigenvalue weighted by Crippen LogP contribution is 2.33. The van der Waals surface area contributed by atoms with Crippen LogP contribution in [0, 0.1) is 5.92 Å². The molecular formula is C12H18N4O. The van der Waals surface area contributed by atoms with Gasteiger partial charge in [0.05, 0.1) is 18.2 Å². The molecule has 0 aromatic carbocycles. The molecule has 3 atom stereocenters. The summed E-state index contributed by atoms with van der Waals surface area (Å²) < 4.78 is 1.75. The molecule has 2 saturated heterocycles. The fraction of sp³-hybridized carbons (Fsp3) is 0.667. The molecule has 0 radical (unpaired) electrons. The molecule has 5 heteroatoms. The zero-order chi connectivity index (χ0) is 11.8. The number of hydrogen-bond acceptors (Lipinski definition) is 3. The maximum absolute atomic E-state index is 12.0. The average molecular weight is 234 g/mol. The van der Waals surface area contributed by atoms with Crippen molar-refractivity contribution < 1.29 is 4.79 Å². The molecule has 1 aromatic rings. The van der Waals surface area contributed by atoms with Crippen molar-refractivity contribution >= 4 is 5.91 Å². The Labute approximate surface area is 101 Å². The van der Waals surface area contributed by atoms with E-state index in [-0.39, 0.29) is 11.8 Å². The summed E-state index contributed by atoms with van der Waals surface area (Å²) in [5, 5.41) is 10.7. The van der Waals surface area contributed by atoms with Crippen molar-refractivity contribution in [2.24, 2.45) is 13.0 Å². The Balaban J connectivity index is 1.54. The summed E-state index contributed by atoms with van der Waals surface area (Å²) in [6.45, 7) is 0.535. The third kappa shape index (κ3) is 2.07. The van der Waals surface area contributed by atoms with Crippen molar-refractivity contribution in [1.29, 1.82) is 0 Å². The lowest BCUT2D eigenvalue weighted by Crippen LogP contribution is -2.37. The van der Waals surface area contributed by atoms with Gasteiger partial charge >= 0.3 is 0 Å². The lowest BCUT2D eigenvalue weighted by atomic mass is 9.88. The van der Waals surface area contributed by atoms with Crippen LogP contribution in [-0.2, 0) is 18.4 Å². The highest BCUT2D eigenvalue weighted by molar-refractivity contribution is 5.80. The Morgan fingerprint density at radius 1 is 1.65 bits per heavy atom. The van der Waals surface area contributed by atoms with Gasteiger partial charge < -0.3 is 10.6 Å². The van der Waals surface area contributed by atoms with Crippen LogP contribution in [0.1, 0.15) is 25.0 Å². The molecule has 92 valence electrons. The quantitative estimate of drug-likeness (QED) is 0.784. The van der Waals surface area contributed by atoms with Crippen LogP contribution in [-0.4, -0.2) is 27.8 Å². The molecule has 5 nitrogen and oxygen atoms in total. The Morgan fingerprint density at radius 2 is 2.53 bits per heavy atom. The van der Waals surface area contributed by atoms with E-state index in [0.29, 0.717) is 18.6 Å². The van der Waals surface area contributed by atoms with E-state index in [9.17, 15) is 4.79 Å². The SMILES string of the molecule is Cn1ccc(CNC(=O)C2CC3CCC2N3)n1. The zero-order valence-electron chi connectivity index (χ0n) is 10.0. The fourth-order valence-corrected chi connectivity index (χ4v) is 2.98. The molecule has 1 amide bonds. The van der Waals surface area contributed by atoms with Crippen LogP contribution >= 0.6 is 0 Å². The van der Waals surface area contributed by atoms with Gasteiger partial charge in [0.1, 0.15) is 0 Å². The molecule has 2 fully saturated rings. The number of nitrogens with one attached hydrogen (secondary N) is 2. The summed E-state index contributed by atoms with van der Waals surface area (Å²) in [4.78, 5) is 12.0. The van der Waals surface area contributed by atoms with Gasteiger partial charge in [0.25, 0.3) is 0 Å². The Kier molecular flexibility index (Phi) is 2.63. The highest BCUT2D eigenvalue weighted by atomic mass is 16.1. The zero-order valence-corrected chi connectivity index (χ0v) is 10.0. The summed E-state index contributed by atoms with van der Waals surface area (Å²) in [5.41, 5.74) is 0.914. The van der Waals surface area contributed by atoms with Crippen LogP contribution in [0.2, 0.25) is 0 Å². The van der Waals surface area contributed by atoms with Gasteiger partial charge in [-0.3, -0.25) is 9.48 Å². The van der Waals surface area contributed by atoms with E-state index in [0.717, 1.165) is 18.5 Å². The topological polar surface area (TPSA) is 59.0 Å². The molecule has 0 aliphatic carbocycles. The van der Waals surface area contributed by atoms with Gasteiger partial charge in [0.2, 0.25) is 5.91 Å². The van der Waals surface area contributed by atoms with E-state index in [1.807, 2.05) is 19.3 Å². The van der Waals surface area contributed by atoms with Crippen LogP contribution in [0.3, 0.4) is 0 Å². The number of carbonyl (C=O) groups is 1. The highest BCUT2D eigenvalue weighted by Gasteiger charge is 2.42. The van der Waals surface area contributed by atoms with Crippen molar-refractivity contribution in [2.45, 2.75) is 37.9 Å². The van der Waals surface area contributed by atoms with Gasteiger partial charge in [-0.2, -0.15) is 5.10 Å². The van der Waals surface area contributed by atoms with Crippen LogP contribution in [0.4, 0.5) is 0 Å². The summed E-state index contributed by atoms with van der Waals surface area (Å²) >= 11 is 0. The van der Waals surface area contributed by atoms with Crippen molar-refractivity contribution in [3.63, 3.8) is 0 Å². The number of rotatable bonds is 3. The normalized spacial score (nSPS) is 30.8. The lowest BCUT2D eigenvalue weighted by Gasteiger charge is -2.18. The molecule has 17 heavy (non-hydrogen) atoms. The predicted molar refractivity (Wildman–Crippen MR) is 63.1 cm³/mol. The van der Waals surface area contributed by atoms with Gasteiger partial charge in [-0.05, 0) is 25.3 Å². The summed E-state index contributed by atoms with van der Waals surface area (Å²) in [7, 11) is 1.88. The maximum atomic E-state index is 12.0. The average Bonchev–Trinajstić information content (AvgIpc) is 3.01. The molecule has 1 aromatic heterocycles. The summed E-state index contributed by atoms with van der Waals surface area (Å²) in [5.74, 6) is 0.341. The standard InChI is InChI=1S/C12H18N4O/c1-16-5-4-9(15-16)7-13-12(17)10-6-8-2-3-11(10)14-8/h4-5,8,10-11,14H,2-3,6-7H2,1H3,(H,13,17). The van der Waals surface area contributed by atoms with Crippen LogP contribution in [0.5, 0.6) is 0 Å². The summed E-state index contributed by atoms with van der Waals surface area (Å²) in [6, 6.07) is 2.91. The van der Waals surface area contributed by atoms with Crippen LogP contribution in [0.15, 0.2) is 12.3 Å². The number of amides is 1. The molecule has 3 rings (SSSR count). The molecule has 0 saturated carbocycles. The Morgan fingerprint density at radius 3 is 3.12 bits per heavy atom. The fourth-order valence-electron chi connectivity index (χ4n) is 2.98. The minimum atomic E-state index is 0.164. The number of fused-ring (bicyclic) bond motifs is 2. The van der Waals surface area contributed by atoms with Gasteiger partial charge in [0, 0.05) is 25.3 Å². The third-order valence-electron chi connectivity index (χ3n) is 3.85. The molecule has 2 aliphatic heterocycles. The largest absolute Gasteiger partial charge is 0.350 e. The second-order valence-corrected chi connectivity index (χ2v) is 5.09. The first-order valence-corrected chi connectivity index (χ1v) is 6.24. The molecular weight excluding hydrogens is 216 g/mol. The van der Waals surface area contributed by atoms with Crippen molar-refractivity contribution in [1.82, 2.24) is 20.4 Å². The maximum Gasteiger partial charge on any atom is 0.225 e. The molecule has 3 heterocycles. The summed E-state index contributed by atoms with van der Waals surface area (Å²) in [6.07, 6.45) is 5.26. The molecule has 3 unspecified atom stereocenters. The smallest absolute Gasteiger partial charge is 0.225 e. The minimum absolute atomic E-state index is 0.164. The Hall–Kier alpha value is -1.36. The molecule has 0 spiro atoms. The second-order valence-electron chi connectivity index (χ2n) is 5.09. The van der Waals surface area contributed by atoms with E-state index in [2.05, 4.69) is 15.7 Å². The van der Waals surface area contributed by atoms with E-state index in [4.69, 9.17) is 0 Å². The monoisotopic (exact) mass is 234 g/mol. The minimum Gasteiger partial charge on any atom is -0.350 e. The van der Waals surface area contributed by atoms with Crippen molar-refractivity contribution in [3.05, 3.63) is 18.0 Å². The number of aromatic nitrogens is 2. The lowest BCUT2D eigenvalue weighted by molar-refractivity contribution is -0.125. The number of aryl methyl sites for hydroxylation is 1. The van der Waals surface area contributed by atoms with Crippen molar-refractivity contribution in [2.75, 3.05) is 0 Å².